The van der Waals surface area contributed by atoms with E-state index in [-0.39, 0.29) is 5.43 Å². The van der Waals surface area contributed by atoms with Gasteiger partial charge in [-0.1, -0.05) is 70.5 Å². The highest BCUT2D eigenvalue weighted by molar-refractivity contribution is 9.10. The average Bonchev–Trinajstić information content (AvgIpc) is 2.65. The van der Waals surface area contributed by atoms with Gasteiger partial charge in [-0.3, -0.25) is 4.79 Å². The SMILES string of the molecule is O=c1c(Cc2cccc(Br)c2)c(-c2ccccc2)oc2ccccc12. The van der Waals surface area contributed by atoms with Crippen LogP contribution in [0.15, 0.2) is 92.5 Å². The summed E-state index contributed by atoms with van der Waals surface area (Å²) in [4.78, 5) is 13.1. The molecule has 0 radical (unpaired) electrons. The third kappa shape index (κ3) is 3.15. The lowest BCUT2D eigenvalue weighted by Crippen LogP contribution is -2.11. The fraction of sp³-hybridized carbons (Fsp3) is 0.0455. The first-order valence-electron chi connectivity index (χ1n) is 8.07. The monoisotopic (exact) mass is 390 g/mol. The summed E-state index contributed by atoms with van der Waals surface area (Å²) in [6.07, 6.45) is 0.525. The standard InChI is InChI=1S/C22H15BrO2/c23-17-10-6-7-15(13-17)14-19-21(24)18-11-4-5-12-20(18)25-22(19)16-8-2-1-3-9-16/h1-13H,14H2. The third-order valence-electron chi connectivity index (χ3n) is 4.20. The van der Waals surface area contributed by atoms with Gasteiger partial charge in [0.15, 0.2) is 5.43 Å². The highest BCUT2D eigenvalue weighted by Gasteiger charge is 2.16. The van der Waals surface area contributed by atoms with Crippen LogP contribution in [0.4, 0.5) is 0 Å². The molecular weight excluding hydrogens is 376 g/mol. The number of fused-ring (bicyclic) bond motifs is 1. The molecule has 0 saturated heterocycles. The first-order chi connectivity index (χ1) is 12.2. The fourth-order valence-electron chi connectivity index (χ4n) is 3.01. The van der Waals surface area contributed by atoms with Crippen molar-refractivity contribution in [2.75, 3.05) is 0 Å². The highest BCUT2D eigenvalue weighted by atomic mass is 79.9. The lowest BCUT2D eigenvalue weighted by Gasteiger charge is -2.10. The van der Waals surface area contributed by atoms with E-state index in [1.165, 1.54) is 0 Å². The Morgan fingerprint density at radius 1 is 0.840 bits per heavy atom. The maximum Gasteiger partial charge on any atom is 0.196 e. The van der Waals surface area contributed by atoms with Gasteiger partial charge in [0.25, 0.3) is 0 Å². The molecule has 0 fully saturated rings. The molecule has 122 valence electrons. The molecule has 25 heavy (non-hydrogen) atoms. The van der Waals surface area contributed by atoms with Crippen LogP contribution >= 0.6 is 15.9 Å². The molecule has 4 rings (SSSR count). The summed E-state index contributed by atoms with van der Waals surface area (Å²) in [6, 6.07) is 25.2. The molecule has 4 aromatic rings. The number of rotatable bonds is 3. The van der Waals surface area contributed by atoms with Gasteiger partial charge in [-0.15, -0.1) is 0 Å². The summed E-state index contributed by atoms with van der Waals surface area (Å²) >= 11 is 3.50. The molecule has 0 bridgehead atoms. The highest BCUT2D eigenvalue weighted by Crippen LogP contribution is 2.27. The van der Waals surface area contributed by atoms with E-state index < -0.39 is 0 Å². The molecule has 0 amide bonds. The first kappa shape index (κ1) is 15.9. The molecule has 0 aliphatic carbocycles. The lowest BCUT2D eigenvalue weighted by atomic mass is 9.98. The van der Waals surface area contributed by atoms with Crippen LogP contribution in [-0.2, 0) is 6.42 Å². The maximum absolute atomic E-state index is 13.1. The number of halogens is 1. The molecule has 1 heterocycles. The van der Waals surface area contributed by atoms with Crippen molar-refractivity contribution >= 4 is 26.9 Å². The normalized spacial score (nSPS) is 10.9. The summed E-state index contributed by atoms with van der Waals surface area (Å²) < 4.78 is 7.15. The van der Waals surface area contributed by atoms with E-state index in [9.17, 15) is 4.79 Å². The molecule has 0 atom stereocenters. The number of benzene rings is 3. The van der Waals surface area contributed by atoms with Crippen LogP contribution in [0.25, 0.3) is 22.3 Å². The van der Waals surface area contributed by atoms with Crippen LogP contribution in [0.3, 0.4) is 0 Å². The van der Waals surface area contributed by atoms with Crippen LogP contribution in [0.1, 0.15) is 11.1 Å². The summed E-state index contributed by atoms with van der Waals surface area (Å²) in [7, 11) is 0. The predicted molar refractivity (Wildman–Crippen MR) is 105 cm³/mol. The predicted octanol–water partition coefficient (Wildman–Crippen LogP) is 5.81. The third-order valence-corrected chi connectivity index (χ3v) is 4.69. The largest absolute Gasteiger partial charge is 0.456 e. The minimum atomic E-state index is 0.0284. The maximum atomic E-state index is 13.1. The molecule has 3 aromatic carbocycles. The second kappa shape index (κ2) is 6.69. The topological polar surface area (TPSA) is 30.2 Å². The van der Waals surface area contributed by atoms with Crippen LogP contribution in [0.2, 0.25) is 0 Å². The van der Waals surface area contributed by atoms with E-state index in [1.807, 2.05) is 78.9 Å². The van der Waals surface area contributed by atoms with Crippen molar-refractivity contribution in [1.82, 2.24) is 0 Å². The van der Waals surface area contributed by atoms with Crippen molar-refractivity contribution in [2.24, 2.45) is 0 Å². The summed E-state index contributed by atoms with van der Waals surface area (Å²) in [5.41, 5.74) is 3.30. The molecule has 3 heteroatoms. The van der Waals surface area contributed by atoms with Gasteiger partial charge in [-0.2, -0.15) is 0 Å². The lowest BCUT2D eigenvalue weighted by molar-refractivity contribution is 0.611. The minimum absolute atomic E-state index is 0.0284. The average molecular weight is 391 g/mol. The molecule has 0 spiro atoms. The Morgan fingerprint density at radius 3 is 2.40 bits per heavy atom. The van der Waals surface area contributed by atoms with Crippen molar-refractivity contribution < 1.29 is 4.42 Å². The van der Waals surface area contributed by atoms with Crippen molar-refractivity contribution in [3.63, 3.8) is 0 Å². The number of para-hydroxylation sites is 1. The molecule has 2 nitrogen and oxygen atoms in total. The Balaban J connectivity index is 1.97. The Morgan fingerprint density at radius 2 is 1.60 bits per heavy atom. The quantitative estimate of drug-likeness (QED) is 0.441. The smallest absolute Gasteiger partial charge is 0.196 e. The molecule has 0 aliphatic rings. The molecular formula is C22H15BrO2. The molecule has 0 aliphatic heterocycles. The van der Waals surface area contributed by atoms with Gasteiger partial charge < -0.3 is 4.42 Å². The van der Waals surface area contributed by atoms with E-state index in [1.54, 1.807) is 0 Å². The van der Waals surface area contributed by atoms with E-state index in [0.29, 0.717) is 28.7 Å². The van der Waals surface area contributed by atoms with Crippen LogP contribution < -0.4 is 5.43 Å². The van der Waals surface area contributed by atoms with Gasteiger partial charge in [0.1, 0.15) is 11.3 Å². The second-order valence-electron chi connectivity index (χ2n) is 5.91. The van der Waals surface area contributed by atoms with E-state index >= 15 is 0 Å². The Kier molecular flexibility index (Phi) is 4.24. The van der Waals surface area contributed by atoms with Crippen molar-refractivity contribution in [3.8, 4) is 11.3 Å². The Bertz CT molecular complexity index is 1100. The summed E-state index contributed by atoms with van der Waals surface area (Å²) in [5.74, 6) is 0.643. The Labute approximate surface area is 153 Å². The fourth-order valence-corrected chi connectivity index (χ4v) is 3.46. The second-order valence-corrected chi connectivity index (χ2v) is 6.82. The van der Waals surface area contributed by atoms with E-state index in [4.69, 9.17) is 4.42 Å². The van der Waals surface area contributed by atoms with Gasteiger partial charge in [0.2, 0.25) is 0 Å². The van der Waals surface area contributed by atoms with E-state index in [2.05, 4.69) is 15.9 Å². The van der Waals surface area contributed by atoms with Crippen LogP contribution in [0.5, 0.6) is 0 Å². The summed E-state index contributed by atoms with van der Waals surface area (Å²) in [5, 5.41) is 0.618. The van der Waals surface area contributed by atoms with Crippen molar-refractivity contribution in [2.45, 2.75) is 6.42 Å². The van der Waals surface area contributed by atoms with E-state index in [0.717, 1.165) is 15.6 Å². The number of hydrogen-bond acceptors (Lipinski definition) is 2. The first-order valence-corrected chi connectivity index (χ1v) is 8.86. The van der Waals surface area contributed by atoms with Gasteiger partial charge in [-0.05, 0) is 29.8 Å². The summed E-state index contributed by atoms with van der Waals surface area (Å²) in [6.45, 7) is 0. The number of hydrogen-bond donors (Lipinski definition) is 0. The van der Waals surface area contributed by atoms with Gasteiger partial charge in [0.05, 0.1) is 5.39 Å². The van der Waals surface area contributed by atoms with Crippen molar-refractivity contribution in [1.29, 1.82) is 0 Å². The molecule has 1 aromatic heterocycles. The minimum Gasteiger partial charge on any atom is -0.456 e. The van der Waals surface area contributed by atoms with Gasteiger partial charge in [0, 0.05) is 22.0 Å². The molecule has 0 N–H and O–H groups in total. The van der Waals surface area contributed by atoms with Gasteiger partial charge in [-0.25, -0.2) is 0 Å². The van der Waals surface area contributed by atoms with Crippen LogP contribution in [-0.4, -0.2) is 0 Å². The zero-order chi connectivity index (χ0) is 17.2. The Hall–Kier alpha value is -2.65. The molecule has 0 saturated carbocycles. The van der Waals surface area contributed by atoms with Crippen molar-refractivity contribution in [3.05, 3.63) is 105 Å². The van der Waals surface area contributed by atoms with Crippen LogP contribution in [0, 0.1) is 0 Å². The zero-order valence-corrected chi connectivity index (χ0v) is 15.0. The van der Waals surface area contributed by atoms with Gasteiger partial charge >= 0.3 is 0 Å². The molecule has 0 unspecified atom stereocenters. The zero-order valence-electron chi connectivity index (χ0n) is 13.4.